The molecule has 9 nitrogen and oxygen atoms in total. The van der Waals surface area contributed by atoms with E-state index in [4.69, 9.17) is 16.3 Å². The third-order valence-electron chi connectivity index (χ3n) is 7.46. The number of nitrogens with one attached hydrogen (secondary N) is 1. The summed E-state index contributed by atoms with van der Waals surface area (Å²) >= 11 is 6.56. The van der Waals surface area contributed by atoms with Crippen LogP contribution >= 0.6 is 11.6 Å². The Morgan fingerprint density at radius 2 is 1.82 bits per heavy atom. The molecule has 4 rings (SSSR count). The molecule has 3 N–H and O–H groups in total. The number of aliphatic hydroxyl groups excluding tert-OH is 1. The minimum absolute atomic E-state index is 0.00533. The summed E-state index contributed by atoms with van der Waals surface area (Å²) in [6.45, 7) is 8.34. The van der Waals surface area contributed by atoms with Gasteiger partial charge in [-0.3, -0.25) is 24.8 Å². The van der Waals surface area contributed by atoms with Gasteiger partial charge in [-0.15, -0.1) is 0 Å². The molecule has 0 unspecified atom stereocenters. The lowest BCUT2D eigenvalue weighted by Crippen LogP contribution is -2.45. The van der Waals surface area contributed by atoms with Crippen LogP contribution < -0.4 is 5.43 Å². The second kappa shape index (κ2) is 10.9. The van der Waals surface area contributed by atoms with Gasteiger partial charge in [-0.25, -0.2) is 4.79 Å². The molecule has 210 valence electrons. The molecule has 2 aliphatic heterocycles. The average Bonchev–Trinajstić information content (AvgIpc) is 3.20. The number of carbonyl (C=O) groups is 4. The second-order valence-electron chi connectivity index (χ2n) is 10.3. The molecule has 40 heavy (non-hydrogen) atoms. The number of amides is 1. The first-order chi connectivity index (χ1) is 18.8. The summed E-state index contributed by atoms with van der Waals surface area (Å²) in [5.74, 6) is -3.57. The number of hydrogen-bond acceptors (Lipinski definition) is 8. The van der Waals surface area contributed by atoms with Crippen molar-refractivity contribution in [2.45, 2.75) is 52.7 Å². The van der Waals surface area contributed by atoms with Gasteiger partial charge in [0.25, 0.3) is 5.91 Å². The maximum atomic E-state index is 13.5. The lowest BCUT2D eigenvalue weighted by molar-refractivity contribution is -0.153. The van der Waals surface area contributed by atoms with Crippen LogP contribution in [0.4, 0.5) is 0 Å². The summed E-state index contributed by atoms with van der Waals surface area (Å²) in [4.78, 5) is 53.0. The van der Waals surface area contributed by atoms with Gasteiger partial charge in [-0.1, -0.05) is 44.9 Å². The topological polar surface area (TPSA) is 133 Å². The number of nitrogens with zero attached hydrogens (tertiary/aromatic N) is 1. The number of aromatic hydroxyl groups is 1. The number of carbonyl (C=O) groups excluding carboxylic acids is 4. The Morgan fingerprint density at radius 1 is 1.18 bits per heavy atom. The monoisotopic (exact) mass is 566 g/mol. The molecular weight excluding hydrogens is 536 g/mol. The number of aliphatic hydroxyl groups is 1. The van der Waals surface area contributed by atoms with E-state index in [9.17, 15) is 29.4 Å². The molecule has 1 aliphatic carbocycles. The third kappa shape index (κ3) is 5.02. The van der Waals surface area contributed by atoms with Crippen molar-refractivity contribution in [3.05, 3.63) is 87.3 Å². The van der Waals surface area contributed by atoms with Crippen molar-refractivity contribution in [1.82, 2.24) is 10.4 Å². The van der Waals surface area contributed by atoms with Crippen LogP contribution in [0.3, 0.4) is 0 Å². The molecule has 0 bridgehead atoms. The number of phenols is 1. The van der Waals surface area contributed by atoms with Crippen LogP contribution in [0.2, 0.25) is 0 Å². The van der Waals surface area contributed by atoms with E-state index in [1.807, 2.05) is 19.9 Å². The molecule has 4 atom stereocenters. The molecule has 0 saturated carbocycles. The Balaban J connectivity index is 1.90. The lowest BCUT2D eigenvalue weighted by atomic mass is 9.74. The molecule has 0 radical (unpaired) electrons. The van der Waals surface area contributed by atoms with Crippen molar-refractivity contribution in [3.8, 4) is 5.75 Å². The van der Waals surface area contributed by atoms with Crippen LogP contribution in [0.15, 0.2) is 81.7 Å². The van der Waals surface area contributed by atoms with Gasteiger partial charge in [0.15, 0.2) is 11.4 Å². The zero-order valence-electron chi connectivity index (χ0n) is 22.8. The standard InChI is InChI=1S/C30H31ClN2O7/c1-6-15(2)7-10-19-13-21-22(14-33(19)32-28(38)18-8-11-20(35)12-9-18)24-23(26(36)16(3)17(4)34)29(39)40-30(24,5)27(37)25(21)31/h7-17,34-35H,6H2,1-5H3,(H,32,38)/t15-,16-,17+,30-/m0/s1. The van der Waals surface area contributed by atoms with Crippen molar-refractivity contribution in [3.63, 3.8) is 0 Å². The highest BCUT2D eigenvalue weighted by atomic mass is 35.5. The Bertz CT molecular complexity index is 1450. The van der Waals surface area contributed by atoms with E-state index in [0.717, 1.165) is 6.42 Å². The first-order valence-corrected chi connectivity index (χ1v) is 13.3. The number of hydrogen-bond donors (Lipinski definition) is 3. The maximum absolute atomic E-state index is 13.5. The van der Waals surface area contributed by atoms with E-state index < -0.39 is 41.1 Å². The van der Waals surface area contributed by atoms with Gasteiger partial charge < -0.3 is 14.9 Å². The van der Waals surface area contributed by atoms with Gasteiger partial charge in [-0.2, -0.15) is 0 Å². The fraction of sp³-hybridized carbons (Fsp3) is 0.333. The van der Waals surface area contributed by atoms with Gasteiger partial charge in [-0.05, 0) is 56.2 Å². The molecule has 0 saturated heterocycles. The Labute approximate surface area is 237 Å². The average molecular weight is 567 g/mol. The van der Waals surface area contributed by atoms with Crippen LogP contribution in [-0.2, 0) is 19.1 Å². The van der Waals surface area contributed by atoms with Gasteiger partial charge in [0.1, 0.15) is 11.3 Å². The van der Waals surface area contributed by atoms with Crippen LogP contribution in [0.25, 0.3) is 0 Å². The summed E-state index contributed by atoms with van der Waals surface area (Å²) < 4.78 is 5.48. The number of halogens is 1. The number of fused-ring (bicyclic) bond motifs is 3. The number of Topliss-reactive ketones (excluding diaryl/α,β-unsaturated/α-hetero) is 2. The van der Waals surface area contributed by atoms with Crippen LogP contribution in [-0.4, -0.2) is 50.4 Å². The Hall–Kier alpha value is -3.95. The fourth-order valence-electron chi connectivity index (χ4n) is 4.54. The van der Waals surface area contributed by atoms with Crippen molar-refractivity contribution in [2.75, 3.05) is 0 Å². The summed E-state index contributed by atoms with van der Waals surface area (Å²) in [5, 5.41) is 20.9. The quantitative estimate of drug-likeness (QED) is 0.318. The van der Waals surface area contributed by atoms with Crippen LogP contribution in [0, 0.1) is 11.8 Å². The van der Waals surface area contributed by atoms with Crippen LogP contribution in [0.1, 0.15) is 51.4 Å². The molecule has 0 spiro atoms. The predicted octanol–water partition coefficient (Wildman–Crippen LogP) is 4.00. The Kier molecular flexibility index (Phi) is 7.92. The summed E-state index contributed by atoms with van der Waals surface area (Å²) in [6, 6.07) is 5.68. The van der Waals surface area contributed by atoms with Crippen molar-refractivity contribution in [2.24, 2.45) is 11.8 Å². The predicted molar refractivity (Wildman–Crippen MR) is 147 cm³/mol. The van der Waals surface area contributed by atoms with Gasteiger partial charge in [0.2, 0.25) is 5.78 Å². The van der Waals surface area contributed by atoms with E-state index in [2.05, 4.69) is 5.43 Å². The SMILES string of the molecule is CC[C@H](C)C=CC1=CC2=C(Cl)C(=O)[C@@]3(C)OC(=O)C(C(=O)[C@@H](C)[C@@H](C)O)=C3C2=CN1NC(=O)c1ccc(O)cc1. The summed E-state index contributed by atoms with van der Waals surface area (Å²) in [5.41, 5.74) is 1.88. The first-order valence-electron chi connectivity index (χ1n) is 13.0. The molecule has 3 aliphatic rings. The first kappa shape index (κ1) is 29.0. The molecule has 1 aromatic carbocycles. The lowest BCUT2D eigenvalue weighted by Gasteiger charge is -2.36. The van der Waals surface area contributed by atoms with Gasteiger partial charge in [0.05, 0.1) is 16.8 Å². The van der Waals surface area contributed by atoms with E-state index in [1.54, 1.807) is 12.2 Å². The number of rotatable bonds is 8. The zero-order chi connectivity index (χ0) is 29.5. The number of esters is 1. The van der Waals surface area contributed by atoms with Crippen molar-refractivity contribution < 1.29 is 34.1 Å². The summed E-state index contributed by atoms with van der Waals surface area (Å²) in [6.07, 6.45) is 6.62. The second-order valence-corrected chi connectivity index (χ2v) is 10.7. The molecule has 10 heteroatoms. The number of allylic oxidation sites excluding steroid dienone is 4. The number of hydrazine groups is 1. The van der Waals surface area contributed by atoms with Crippen molar-refractivity contribution >= 4 is 35.0 Å². The minimum atomic E-state index is -1.86. The molecular formula is C30H31ClN2O7. The number of benzene rings is 1. The van der Waals surface area contributed by atoms with Gasteiger partial charge >= 0.3 is 5.97 Å². The highest BCUT2D eigenvalue weighted by Gasteiger charge is 2.57. The third-order valence-corrected chi connectivity index (χ3v) is 7.83. The smallest absolute Gasteiger partial charge is 0.343 e. The van der Waals surface area contributed by atoms with E-state index in [1.165, 1.54) is 56.2 Å². The number of phenolic OH excluding ortho intramolecular Hbond substituents is 1. The Morgan fingerprint density at radius 3 is 2.42 bits per heavy atom. The van der Waals surface area contributed by atoms with E-state index >= 15 is 0 Å². The fourth-order valence-corrected chi connectivity index (χ4v) is 4.88. The molecule has 2 heterocycles. The largest absolute Gasteiger partial charge is 0.508 e. The highest BCUT2D eigenvalue weighted by Crippen LogP contribution is 2.50. The normalized spacial score (nSPS) is 22.8. The van der Waals surface area contributed by atoms with E-state index in [0.29, 0.717) is 5.70 Å². The minimum Gasteiger partial charge on any atom is -0.508 e. The molecule has 0 aromatic heterocycles. The number of ketones is 2. The molecule has 0 fully saturated rings. The van der Waals surface area contributed by atoms with E-state index in [-0.39, 0.29) is 44.6 Å². The molecule has 1 amide bonds. The summed E-state index contributed by atoms with van der Waals surface area (Å²) in [7, 11) is 0. The van der Waals surface area contributed by atoms with Crippen LogP contribution in [0.5, 0.6) is 5.75 Å². The molecule has 1 aromatic rings. The zero-order valence-corrected chi connectivity index (χ0v) is 23.6. The van der Waals surface area contributed by atoms with Gasteiger partial charge in [0, 0.05) is 34.4 Å². The highest BCUT2D eigenvalue weighted by molar-refractivity contribution is 6.46. The van der Waals surface area contributed by atoms with Crippen molar-refractivity contribution in [1.29, 1.82) is 0 Å². The number of ether oxygens (including phenoxy) is 1. The maximum Gasteiger partial charge on any atom is 0.343 e.